The van der Waals surface area contributed by atoms with Crippen molar-refractivity contribution in [2.75, 3.05) is 39.0 Å². The Morgan fingerprint density at radius 3 is 2.85 bits per heavy atom. The molecule has 110 valence electrons. The van der Waals surface area contributed by atoms with Gasteiger partial charge in [-0.25, -0.2) is 0 Å². The summed E-state index contributed by atoms with van der Waals surface area (Å²) in [5.41, 5.74) is 1.59. The maximum absolute atomic E-state index is 3.28. The minimum atomic E-state index is 0.755. The summed E-state index contributed by atoms with van der Waals surface area (Å²) >= 11 is 2.04. The predicted octanol–water partition coefficient (Wildman–Crippen LogP) is 3.20. The first-order valence-electron chi connectivity index (χ1n) is 7.95. The SMILES string of the molecule is CNCCC1CCN(CC2CSc3ccccc32)CC1. The lowest BCUT2D eigenvalue weighted by atomic mass is 9.92. The van der Waals surface area contributed by atoms with Crippen LogP contribution in [-0.2, 0) is 0 Å². The van der Waals surface area contributed by atoms with Crippen LogP contribution in [0.3, 0.4) is 0 Å². The summed E-state index contributed by atoms with van der Waals surface area (Å²) < 4.78 is 0. The van der Waals surface area contributed by atoms with E-state index in [2.05, 4.69) is 41.5 Å². The smallest absolute Gasteiger partial charge is 0.0108 e. The van der Waals surface area contributed by atoms with E-state index in [1.807, 2.05) is 11.8 Å². The largest absolute Gasteiger partial charge is 0.320 e. The van der Waals surface area contributed by atoms with Crippen LogP contribution in [0.1, 0.15) is 30.7 Å². The van der Waals surface area contributed by atoms with Crippen molar-refractivity contribution in [2.45, 2.75) is 30.1 Å². The fraction of sp³-hybridized carbons (Fsp3) is 0.647. The van der Waals surface area contributed by atoms with Gasteiger partial charge in [-0.3, -0.25) is 0 Å². The summed E-state index contributed by atoms with van der Waals surface area (Å²) in [6.07, 6.45) is 4.14. The Hall–Kier alpha value is -0.510. The summed E-state index contributed by atoms with van der Waals surface area (Å²) in [7, 11) is 2.06. The van der Waals surface area contributed by atoms with Gasteiger partial charge in [0.1, 0.15) is 0 Å². The molecular formula is C17H26N2S. The Bertz CT molecular complexity index is 427. The Kier molecular flexibility index (Phi) is 5.03. The van der Waals surface area contributed by atoms with Gasteiger partial charge >= 0.3 is 0 Å². The summed E-state index contributed by atoms with van der Waals surface area (Å²) in [4.78, 5) is 4.21. The fourth-order valence-electron chi connectivity index (χ4n) is 3.50. The van der Waals surface area contributed by atoms with E-state index in [1.54, 1.807) is 5.56 Å². The van der Waals surface area contributed by atoms with Crippen LogP contribution in [-0.4, -0.2) is 43.9 Å². The van der Waals surface area contributed by atoms with E-state index in [-0.39, 0.29) is 0 Å². The number of nitrogens with zero attached hydrogens (tertiary/aromatic N) is 1. The number of fused-ring (bicyclic) bond motifs is 1. The van der Waals surface area contributed by atoms with Crippen molar-refractivity contribution in [3.8, 4) is 0 Å². The highest BCUT2D eigenvalue weighted by Crippen LogP contribution is 2.40. The van der Waals surface area contributed by atoms with Gasteiger partial charge in [0.25, 0.3) is 0 Å². The molecule has 20 heavy (non-hydrogen) atoms. The van der Waals surface area contributed by atoms with E-state index >= 15 is 0 Å². The van der Waals surface area contributed by atoms with Gasteiger partial charge < -0.3 is 10.2 Å². The molecule has 0 aliphatic carbocycles. The van der Waals surface area contributed by atoms with E-state index in [1.165, 1.54) is 56.1 Å². The molecule has 2 heterocycles. The van der Waals surface area contributed by atoms with Crippen molar-refractivity contribution in [3.05, 3.63) is 29.8 Å². The molecule has 0 aromatic heterocycles. The molecule has 2 nitrogen and oxygen atoms in total. The maximum atomic E-state index is 3.28. The summed E-state index contributed by atoms with van der Waals surface area (Å²) in [5, 5.41) is 3.28. The first kappa shape index (κ1) is 14.4. The highest BCUT2D eigenvalue weighted by atomic mass is 32.2. The van der Waals surface area contributed by atoms with Gasteiger partial charge in [-0.1, -0.05) is 18.2 Å². The molecule has 2 aliphatic heterocycles. The molecule has 1 aromatic rings. The number of piperidine rings is 1. The van der Waals surface area contributed by atoms with E-state index in [9.17, 15) is 0 Å². The lowest BCUT2D eigenvalue weighted by molar-refractivity contribution is 0.173. The molecule has 2 aliphatic rings. The van der Waals surface area contributed by atoms with Crippen LogP contribution in [0.25, 0.3) is 0 Å². The van der Waals surface area contributed by atoms with Gasteiger partial charge in [0.2, 0.25) is 0 Å². The number of benzene rings is 1. The van der Waals surface area contributed by atoms with Crippen LogP contribution < -0.4 is 5.32 Å². The van der Waals surface area contributed by atoms with Crippen molar-refractivity contribution >= 4 is 11.8 Å². The van der Waals surface area contributed by atoms with Crippen LogP contribution in [0.5, 0.6) is 0 Å². The first-order valence-corrected chi connectivity index (χ1v) is 8.94. The summed E-state index contributed by atoms with van der Waals surface area (Å²) in [5.74, 6) is 2.98. The predicted molar refractivity (Wildman–Crippen MR) is 87.6 cm³/mol. The minimum absolute atomic E-state index is 0.755. The monoisotopic (exact) mass is 290 g/mol. The fourth-order valence-corrected chi connectivity index (χ4v) is 4.74. The molecule has 3 heteroatoms. The average molecular weight is 290 g/mol. The van der Waals surface area contributed by atoms with Crippen LogP contribution >= 0.6 is 11.8 Å². The lowest BCUT2D eigenvalue weighted by Gasteiger charge is -2.33. The Labute approximate surface area is 127 Å². The molecule has 1 saturated heterocycles. The summed E-state index contributed by atoms with van der Waals surface area (Å²) in [6.45, 7) is 5.05. The van der Waals surface area contributed by atoms with Crippen molar-refractivity contribution < 1.29 is 0 Å². The molecule has 1 aromatic carbocycles. The number of nitrogens with one attached hydrogen (secondary N) is 1. The van der Waals surface area contributed by atoms with E-state index in [0.717, 1.165) is 11.8 Å². The molecular weight excluding hydrogens is 264 g/mol. The number of hydrogen-bond acceptors (Lipinski definition) is 3. The number of likely N-dealkylation sites (tertiary alicyclic amines) is 1. The molecule has 0 amide bonds. The van der Waals surface area contributed by atoms with Crippen molar-refractivity contribution in [2.24, 2.45) is 5.92 Å². The topological polar surface area (TPSA) is 15.3 Å². The van der Waals surface area contributed by atoms with Crippen LogP contribution in [0.15, 0.2) is 29.2 Å². The molecule has 1 N–H and O–H groups in total. The van der Waals surface area contributed by atoms with Gasteiger partial charge in [-0.05, 0) is 63.5 Å². The molecule has 0 spiro atoms. The van der Waals surface area contributed by atoms with Crippen molar-refractivity contribution in [3.63, 3.8) is 0 Å². The minimum Gasteiger partial charge on any atom is -0.320 e. The van der Waals surface area contributed by atoms with E-state index < -0.39 is 0 Å². The second-order valence-corrected chi connectivity index (χ2v) is 7.24. The van der Waals surface area contributed by atoms with Crippen LogP contribution in [0, 0.1) is 5.92 Å². The molecule has 1 unspecified atom stereocenters. The molecule has 1 atom stereocenters. The van der Waals surface area contributed by atoms with Gasteiger partial charge in [-0.15, -0.1) is 11.8 Å². The number of rotatable bonds is 5. The Morgan fingerprint density at radius 1 is 1.25 bits per heavy atom. The average Bonchev–Trinajstić information content (AvgIpc) is 2.90. The highest BCUT2D eigenvalue weighted by molar-refractivity contribution is 7.99. The van der Waals surface area contributed by atoms with Gasteiger partial charge in [-0.2, -0.15) is 0 Å². The number of hydrogen-bond donors (Lipinski definition) is 1. The zero-order valence-corrected chi connectivity index (χ0v) is 13.3. The first-order chi connectivity index (χ1) is 9.86. The normalized spacial score (nSPS) is 23.9. The quantitative estimate of drug-likeness (QED) is 0.896. The van der Waals surface area contributed by atoms with E-state index in [0.29, 0.717) is 0 Å². The molecule has 1 fully saturated rings. The van der Waals surface area contributed by atoms with Gasteiger partial charge in [0.05, 0.1) is 0 Å². The zero-order chi connectivity index (χ0) is 13.8. The Balaban J connectivity index is 1.49. The molecule has 0 saturated carbocycles. The second kappa shape index (κ2) is 6.97. The maximum Gasteiger partial charge on any atom is 0.0108 e. The van der Waals surface area contributed by atoms with E-state index in [4.69, 9.17) is 0 Å². The van der Waals surface area contributed by atoms with Crippen molar-refractivity contribution in [1.82, 2.24) is 10.2 Å². The zero-order valence-electron chi connectivity index (χ0n) is 12.5. The van der Waals surface area contributed by atoms with Crippen LogP contribution in [0.2, 0.25) is 0 Å². The lowest BCUT2D eigenvalue weighted by Crippen LogP contribution is -2.37. The highest BCUT2D eigenvalue weighted by Gasteiger charge is 2.26. The third-order valence-electron chi connectivity index (χ3n) is 4.79. The third kappa shape index (κ3) is 3.38. The Morgan fingerprint density at radius 2 is 2.05 bits per heavy atom. The van der Waals surface area contributed by atoms with Crippen LogP contribution in [0.4, 0.5) is 0 Å². The number of thioether (sulfide) groups is 1. The standard InChI is InChI=1S/C17H26N2S/c1-18-9-6-14-7-10-19(11-8-14)12-15-13-20-17-5-3-2-4-16(15)17/h2-5,14-15,18H,6-13H2,1H3. The molecule has 3 rings (SSSR count). The molecule has 0 radical (unpaired) electrons. The van der Waals surface area contributed by atoms with Crippen molar-refractivity contribution in [1.29, 1.82) is 0 Å². The van der Waals surface area contributed by atoms with Gasteiger partial charge in [0, 0.05) is 23.1 Å². The molecule has 0 bridgehead atoms. The summed E-state index contributed by atoms with van der Waals surface area (Å²) in [6, 6.07) is 8.98. The third-order valence-corrected chi connectivity index (χ3v) is 6.04. The van der Waals surface area contributed by atoms with Gasteiger partial charge in [0.15, 0.2) is 0 Å². The second-order valence-electron chi connectivity index (χ2n) is 6.18.